The lowest BCUT2D eigenvalue weighted by molar-refractivity contribution is 0.0606. The highest BCUT2D eigenvalue weighted by Crippen LogP contribution is 2.19. The number of hydrogen-bond donors (Lipinski definition) is 0. The molecular formula is C12H14BrNO4S. The van der Waals surface area contributed by atoms with Crippen molar-refractivity contribution in [1.29, 1.82) is 0 Å². The Morgan fingerprint density at radius 3 is 2.21 bits per heavy atom. The van der Waals surface area contributed by atoms with Crippen LogP contribution in [0.25, 0.3) is 0 Å². The first kappa shape index (κ1) is 15.7. The summed E-state index contributed by atoms with van der Waals surface area (Å²) in [7, 11) is -2.51. The molecule has 0 aliphatic heterocycles. The predicted octanol–water partition coefficient (Wildman–Crippen LogP) is 2.83. The van der Waals surface area contributed by atoms with Crippen LogP contribution >= 0.6 is 15.9 Å². The van der Waals surface area contributed by atoms with Crippen LogP contribution in [0.5, 0.6) is 0 Å². The molecule has 1 rings (SSSR count). The van der Waals surface area contributed by atoms with Crippen LogP contribution in [-0.4, -0.2) is 25.6 Å². The van der Waals surface area contributed by atoms with E-state index in [2.05, 4.69) is 15.9 Å². The zero-order valence-corrected chi connectivity index (χ0v) is 13.2. The minimum atomic E-state index is -2.51. The van der Waals surface area contributed by atoms with E-state index in [4.69, 9.17) is 4.74 Å². The van der Waals surface area contributed by atoms with E-state index in [0.29, 0.717) is 5.69 Å². The molecule has 0 N–H and O–H groups in total. The molecule has 19 heavy (non-hydrogen) atoms. The number of rotatable bonds is 2. The van der Waals surface area contributed by atoms with Gasteiger partial charge in [-0.15, -0.1) is 0 Å². The molecule has 5 nitrogen and oxygen atoms in total. The topological polar surface area (TPSA) is 63.7 Å². The third-order valence-corrected chi connectivity index (χ3v) is 2.80. The lowest BCUT2D eigenvalue weighted by Gasteiger charge is -2.24. The van der Waals surface area contributed by atoms with Crippen molar-refractivity contribution in [1.82, 2.24) is 0 Å². The number of anilines is 1. The summed E-state index contributed by atoms with van der Waals surface area (Å²) in [4.78, 5) is 12.9. The fourth-order valence-corrected chi connectivity index (χ4v) is 1.85. The number of carbonyl (C=O) groups excluding carboxylic acids is 1. The van der Waals surface area contributed by atoms with Crippen molar-refractivity contribution in [2.75, 3.05) is 4.90 Å². The van der Waals surface area contributed by atoms with E-state index in [1.807, 2.05) is 0 Å². The van der Waals surface area contributed by atoms with Crippen LogP contribution in [-0.2, 0) is 15.0 Å². The molecule has 0 aliphatic carbocycles. The highest BCUT2D eigenvalue weighted by Gasteiger charge is 2.22. The molecule has 0 spiro atoms. The van der Waals surface area contributed by atoms with Crippen LogP contribution in [0.1, 0.15) is 20.8 Å². The molecule has 1 aromatic rings. The zero-order chi connectivity index (χ0) is 14.6. The van der Waals surface area contributed by atoms with Gasteiger partial charge < -0.3 is 4.74 Å². The SMILES string of the molecule is CC(C)(C)OC(=O)N(C=S(=O)=O)c1ccc(Br)cc1. The predicted molar refractivity (Wildman–Crippen MR) is 77.8 cm³/mol. The molecule has 1 aromatic carbocycles. The Balaban J connectivity index is 3.12. The lowest BCUT2D eigenvalue weighted by atomic mass is 10.2. The van der Waals surface area contributed by atoms with Gasteiger partial charge in [-0.05, 0) is 45.0 Å². The van der Waals surface area contributed by atoms with Crippen LogP contribution in [0.15, 0.2) is 28.7 Å². The van der Waals surface area contributed by atoms with Gasteiger partial charge in [0.25, 0.3) is 0 Å². The van der Waals surface area contributed by atoms with Crippen LogP contribution in [0.3, 0.4) is 0 Å². The monoisotopic (exact) mass is 347 g/mol. The molecule has 0 radical (unpaired) electrons. The van der Waals surface area contributed by atoms with Crippen molar-refractivity contribution in [2.45, 2.75) is 26.4 Å². The smallest absolute Gasteiger partial charge is 0.419 e. The van der Waals surface area contributed by atoms with Gasteiger partial charge in [0.05, 0.1) is 5.69 Å². The maximum Gasteiger partial charge on any atom is 0.419 e. The van der Waals surface area contributed by atoms with Gasteiger partial charge in [-0.2, -0.15) is 8.42 Å². The molecular weight excluding hydrogens is 334 g/mol. The van der Waals surface area contributed by atoms with E-state index in [1.54, 1.807) is 45.0 Å². The lowest BCUT2D eigenvalue weighted by Crippen LogP contribution is -2.36. The van der Waals surface area contributed by atoms with Gasteiger partial charge in [0.1, 0.15) is 11.1 Å². The minimum absolute atomic E-state index is 0.404. The molecule has 0 aliphatic rings. The summed E-state index contributed by atoms with van der Waals surface area (Å²) in [5, 5.41) is 0. The molecule has 0 atom stereocenters. The molecule has 0 bridgehead atoms. The molecule has 0 aromatic heterocycles. The van der Waals surface area contributed by atoms with Gasteiger partial charge in [0.15, 0.2) is 0 Å². The first-order valence-corrected chi connectivity index (χ1v) is 7.33. The second kappa shape index (κ2) is 6.21. The number of ether oxygens (including phenoxy) is 1. The molecule has 0 unspecified atom stereocenters. The first-order valence-electron chi connectivity index (χ1n) is 5.40. The molecule has 1 amide bonds. The summed E-state index contributed by atoms with van der Waals surface area (Å²) in [5.41, 5.74) is 0.474. The summed E-state index contributed by atoms with van der Waals surface area (Å²) in [6.45, 7) is 5.12. The van der Waals surface area contributed by atoms with Gasteiger partial charge in [-0.1, -0.05) is 15.9 Å². The normalized spacial score (nSPS) is 10.7. The number of nitrogens with zero attached hydrogens (tertiary/aromatic N) is 1. The quantitative estimate of drug-likeness (QED) is 0.771. The number of benzene rings is 1. The average Bonchev–Trinajstić information content (AvgIpc) is 2.24. The number of amides is 1. The zero-order valence-electron chi connectivity index (χ0n) is 10.8. The van der Waals surface area contributed by atoms with Gasteiger partial charge in [-0.3, -0.25) is 0 Å². The molecule has 7 heteroatoms. The Bertz CT molecular complexity index is 579. The summed E-state index contributed by atoms with van der Waals surface area (Å²) < 4.78 is 27.6. The molecule has 0 heterocycles. The second-order valence-electron chi connectivity index (χ2n) is 4.69. The van der Waals surface area contributed by atoms with E-state index in [9.17, 15) is 13.2 Å². The molecule has 104 valence electrons. The standard InChI is InChI=1S/C12H14BrNO4S/c1-12(2,3)18-11(15)14(8-19(16)17)10-6-4-9(13)5-7-10/h4-8H,1-3H3. The van der Waals surface area contributed by atoms with Crippen LogP contribution < -0.4 is 4.90 Å². The highest BCUT2D eigenvalue weighted by molar-refractivity contribution is 9.10. The first-order chi connectivity index (χ1) is 8.69. The van der Waals surface area contributed by atoms with E-state index in [0.717, 1.165) is 14.9 Å². The number of carbonyl (C=O) groups is 1. The van der Waals surface area contributed by atoms with Crippen molar-refractivity contribution >= 4 is 43.5 Å². The second-order valence-corrected chi connectivity index (χ2v) is 6.34. The van der Waals surface area contributed by atoms with E-state index < -0.39 is 22.0 Å². The van der Waals surface area contributed by atoms with E-state index >= 15 is 0 Å². The third-order valence-electron chi connectivity index (χ3n) is 1.89. The Morgan fingerprint density at radius 1 is 1.26 bits per heavy atom. The number of hydrogen-bond acceptors (Lipinski definition) is 4. The Hall–Kier alpha value is -1.34. The average molecular weight is 348 g/mol. The van der Waals surface area contributed by atoms with Gasteiger partial charge in [0.2, 0.25) is 10.3 Å². The van der Waals surface area contributed by atoms with Crippen LogP contribution in [0, 0.1) is 0 Å². The van der Waals surface area contributed by atoms with Crippen molar-refractivity contribution in [3.05, 3.63) is 28.7 Å². The van der Waals surface area contributed by atoms with Crippen molar-refractivity contribution < 1.29 is 17.9 Å². The maximum atomic E-state index is 12.0. The highest BCUT2D eigenvalue weighted by atomic mass is 79.9. The van der Waals surface area contributed by atoms with Gasteiger partial charge >= 0.3 is 6.09 Å². The Morgan fingerprint density at radius 2 is 1.79 bits per heavy atom. The maximum absolute atomic E-state index is 12.0. The molecule has 0 saturated carbocycles. The Labute approximate surface area is 121 Å². The van der Waals surface area contributed by atoms with E-state index in [-0.39, 0.29) is 0 Å². The molecule has 0 fully saturated rings. The van der Waals surface area contributed by atoms with Crippen molar-refractivity contribution in [3.63, 3.8) is 0 Å². The number of halogens is 1. The van der Waals surface area contributed by atoms with Crippen LogP contribution in [0.2, 0.25) is 0 Å². The van der Waals surface area contributed by atoms with Gasteiger partial charge in [0, 0.05) is 4.47 Å². The van der Waals surface area contributed by atoms with E-state index in [1.165, 1.54) is 0 Å². The summed E-state index contributed by atoms with van der Waals surface area (Å²) in [6.07, 6.45) is -0.751. The molecule has 0 saturated heterocycles. The third kappa shape index (κ3) is 5.44. The van der Waals surface area contributed by atoms with Gasteiger partial charge in [-0.25, -0.2) is 9.69 Å². The summed E-state index contributed by atoms with van der Waals surface area (Å²) >= 11 is 3.26. The Kier molecular flexibility index (Phi) is 5.13. The fraction of sp³-hybridized carbons (Fsp3) is 0.333. The van der Waals surface area contributed by atoms with Crippen LogP contribution in [0.4, 0.5) is 10.5 Å². The largest absolute Gasteiger partial charge is 0.443 e. The minimum Gasteiger partial charge on any atom is -0.443 e. The van der Waals surface area contributed by atoms with Crippen molar-refractivity contribution in [2.24, 2.45) is 0 Å². The summed E-state index contributed by atoms with van der Waals surface area (Å²) in [6, 6.07) is 6.62. The summed E-state index contributed by atoms with van der Waals surface area (Å²) in [5.74, 6) is 0. The fourth-order valence-electron chi connectivity index (χ4n) is 1.21. The van der Waals surface area contributed by atoms with Crippen molar-refractivity contribution in [3.8, 4) is 0 Å².